The highest BCUT2D eigenvalue weighted by Gasteiger charge is 2.18. The van der Waals surface area contributed by atoms with E-state index in [2.05, 4.69) is 15.9 Å². The lowest BCUT2D eigenvalue weighted by molar-refractivity contribution is -0.113. The Balaban J connectivity index is 2.87. The van der Waals surface area contributed by atoms with Gasteiger partial charge in [-0.3, -0.25) is 4.79 Å². The first-order valence-electron chi connectivity index (χ1n) is 3.44. The Labute approximate surface area is 93.6 Å². The van der Waals surface area contributed by atoms with E-state index in [1.165, 1.54) is 30.4 Å². The number of nitriles is 1. The summed E-state index contributed by atoms with van der Waals surface area (Å²) in [6, 6.07) is 1.93. The first kappa shape index (κ1) is 10.9. The van der Waals surface area contributed by atoms with E-state index in [1.54, 1.807) is 0 Å². The highest BCUT2D eigenvalue weighted by Crippen LogP contribution is 2.45. The van der Waals surface area contributed by atoms with Crippen molar-refractivity contribution >= 4 is 45.2 Å². The number of nitrogens with zero attached hydrogens (tertiary/aromatic N) is 1. The maximum absolute atomic E-state index is 11.0. The Morgan fingerprint density at radius 2 is 2.46 bits per heavy atom. The van der Waals surface area contributed by atoms with Gasteiger partial charge in [-0.2, -0.15) is 5.26 Å². The maximum Gasteiger partial charge on any atom is 0.172 e. The molecule has 68 valence electrons. The largest absolute Gasteiger partial charge is 0.294 e. The molecule has 0 saturated heterocycles. The molecule has 0 radical (unpaired) electrons. The molecule has 0 unspecified atom stereocenters. The molecule has 1 aliphatic rings. The quantitative estimate of drug-likeness (QED) is 0.441. The van der Waals surface area contributed by atoms with E-state index < -0.39 is 0 Å². The fourth-order valence-electron chi connectivity index (χ4n) is 0.723. The molecule has 5 heteroatoms. The molecule has 0 bridgehead atoms. The Morgan fingerprint density at radius 3 is 2.85 bits per heavy atom. The fourth-order valence-corrected chi connectivity index (χ4v) is 3.65. The molecule has 0 aromatic heterocycles. The van der Waals surface area contributed by atoms with Gasteiger partial charge in [0.15, 0.2) is 5.78 Å². The van der Waals surface area contributed by atoms with E-state index >= 15 is 0 Å². The summed E-state index contributed by atoms with van der Waals surface area (Å²) in [6.45, 7) is 1.42. The molecule has 1 aliphatic heterocycles. The predicted octanol–water partition coefficient (Wildman–Crippen LogP) is 3.03. The van der Waals surface area contributed by atoms with Crippen LogP contribution in [-0.4, -0.2) is 11.1 Å². The van der Waals surface area contributed by atoms with Crippen molar-refractivity contribution in [2.75, 3.05) is 5.33 Å². The summed E-state index contributed by atoms with van der Waals surface area (Å²) in [6.07, 6.45) is 0. The van der Waals surface area contributed by atoms with Crippen LogP contribution in [0.5, 0.6) is 0 Å². The summed E-state index contributed by atoms with van der Waals surface area (Å²) in [4.78, 5) is 12.1. The second-order valence-corrected chi connectivity index (χ2v) is 5.10. The van der Waals surface area contributed by atoms with Crippen LogP contribution in [0.2, 0.25) is 0 Å². The number of thioether (sulfide) groups is 2. The van der Waals surface area contributed by atoms with Gasteiger partial charge in [-0.1, -0.05) is 39.5 Å². The third kappa shape index (κ3) is 2.63. The van der Waals surface area contributed by atoms with Crippen molar-refractivity contribution in [3.8, 4) is 6.07 Å². The zero-order chi connectivity index (χ0) is 9.84. The summed E-state index contributed by atoms with van der Waals surface area (Å²) in [5.74, 6) is -0.165. The van der Waals surface area contributed by atoms with Crippen LogP contribution in [-0.2, 0) is 4.79 Å². The van der Waals surface area contributed by atoms with E-state index in [9.17, 15) is 4.79 Å². The number of hydrogen-bond acceptors (Lipinski definition) is 4. The first-order valence-corrected chi connectivity index (χ1v) is 6.25. The van der Waals surface area contributed by atoms with Crippen molar-refractivity contribution < 1.29 is 4.79 Å². The molecule has 0 amide bonds. The van der Waals surface area contributed by atoms with Crippen molar-refractivity contribution in [3.05, 3.63) is 20.1 Å². The molecule has 0 aliphatic carbocycles. The number of alkyl halides is 1. The lowest BCUT2D eigenvalue weighted by atomic mass is 10.2. The molecule has 0 aromatic carbocycles. The van der Waals surface area contributed by atoms with Crippen LogP contribution in [0, 0.1) is 11.3 Å². The topological polar surface area (TPSA) is 40.9 Å². The Kier molecular flexibility index (Phi) is 4.10. The van der Waals surface area contributed by atoms with E-state index in [-0.39, 0.29) is 11.4 Å². The smallest absolute Gasteiger partial charge is 0.172 e. The average Bonchev–Trinajstić information content (AvgIpc) is 2.53. The van der Waals surface area contributed by atoms with Gasteiger partial charge in [0.05, 0.1) is 4.24 Å². The van der Waals surface area contributed by atoms with Gasteiger partial charge in [0, 0.05) is 10.2 Å². The SMILES string of the molecule is CC(=O)/C(C#N)=C1/SC=C(CBr)S1. The summed E-state index contributed by atoms with van der Waals surface area (Å²) >= 11 is 6.25. The monoisotopic (exact) mass is 275 g/mol. The molecular formula is C8H6BrNOS2. The normalized spacial score (nSPS) is 19.3. The van der Waals surface area contributed by atoms with Crippen molar-refractivity contribution in [1.29, 1.82) is 5.26 Å². The summed E-state index contributed by atoms with van der Waals surface area (Å²) in [5, 5.41) is 11.4. The van der Waals surface area contributed by atoms with Crippen LogP contribution in [0.1, 0.15) is 6.92 Å². The molecule has 2 nitrogen and oxygen atoms in total. The maximum atomic E-state index is 11.0. The van der Waals surface area contributed by atoms with Crippen molar-refractivity contribution in [2.45, 2.75) is 6.92 Å². The Hall–Kier alpha value is -0.180. The third-order valence-corrected chi connectivity index (χ3v) is 4.72. The molecule has 0 fully saturated rings. The van der Waals surface area contributed by atoms with Gasteiger partial charge in [-0.15, -0.1) is 0 Å². The molecule has 0 saturated carbocycles. The van der Waals surface area contributed by atoms with Crippen LogP contribution >= 0.6 is 39.5 Å². The highest BCUT2D eigenvalue weighted by atomic mass is 79.9. The zero-order valence-electron chi connectivity index (χ0n) is 6.83. The molecular weight excluding hydrogens is 270 g/mol. The molecule has 0 atom stereocenters. The van der Waals surface area contributed by atoms with E-state index in [0.29, 0.717) is 0 Å². The number of ketones is 1. The van der Waals surface area contributed by atoms with Crippen molar-refractivity contribution in [3.63, 3.8) is 0 Å². The molecule has 1 rings (SSSR count). The molecule has 13 heavy (non-hydrogen) atoms. The Bertz CT molecular complexity index is 341. The van der Waals surface area contributed by atoms with E-state index in [0.717, 1.165) is 14.5 Å². The van der Waals surface area contributed by atoms with Gasteiger partial charge >= 0.3 is 0 Å². The molecule has 1 heterocycles. The fraction of sp³-hybridized carbons (Fsp3) is 0.250. The lowest BCUT2D eigenvalue weighted by Gasteiger charge is -1.97. The van der Waals surface area contributed by atoms with Gasteiger partial charge in [0.25, 0.3) is 0 Å². The number of halogens is 1. The van der Waals surface area contributed by atoms with Crippen LogP contribution < -0.4 is 0 Å². The van der Waals surface area contributed by atoms with Crippen LogP contribution in [0.4, 0.5) is 0 Å². The molecule has 0 aromatic rings. The number of hydrogen-bond donors (Lipinski definition) is 0. The molecule has 0 N–H and O–H groups in total. The minimum Gasteiger partial charge on any atom is -0.294 e. The van der Waals surface area contributed by atoms with Gasteiger partial charge < -0.3 is 0 Å². The summed E-state index contributed by atoms with van der Waals surface area (Å²) in [7, 11) is 0. The summed E-state index contributed by atoms with van der Waals surface area (Å²) in [5.41, 5.74) is 0.266. The van der Waals surface area contributed by atoms with Crippen LogP contribution in [0.3, 0.4) is 0 Å². The number of carbonyl (C=O) groups excluding carboxylic acids is 1. The second-order valence-electron chi connectivity index (χ2n) is 2.27. The number of Topliss-reactive ketones (excluding diaryl/α,β-unsaturated/α-hetero) is 1. The number of carbonyl (C=O) groups is 1. The van der Waals surface area contributed by atoms with E-state index in [4.69, 9.17) is 5.26 Å². The standard InChI is InChI=1S/C8H6BrNOS2/c1-5(11)7(3-10)8-12-4-6(2-9)13-8/h4H,2H2,1H3/b8-7-. The number of rotatable bonds is 2. The summed E-state index contributed by atoms with van der Waals surface area (Å²) < 4.78 is 0.796. The van der Waals surface area contributed by atoms with Gasteiger partial charge in [-0.05, 0) is 12.3 Å². The Morgan fingerprint density at radius 1 is 1.77 bits per heavy atom. The highest BCUT2D eigenvalue weighted by molar-refractivity contribution is 9.09. The average molecular weight is 276 g/mol. The second kappa shape index (κ2) is 4.89. The first-order chi connectivity index (χ1) is 6.19. The van der Waals surface area contributed by atoms with Gasteiger partial charge in [0.1, 0.15) is 11.6 Å². The van der Waals surface area contributed by atoms with Crippen molar-refractivity contribution in [1.82, 2.24) is 0 Å². The zero-order valence-corrected chi connectivity index (χ0v) is 10.1. The van der Waals surface area contributed by atoms with Crippen LogP contribution in [0.25, 0.3) is 0 Å². The van der Waals surface area contributed by atoms with Crippen LogP contribution in [0.15, 0.2) is 20.1 Å². The van der Waals surface area contributed by atoms with Crippen molar-refractivity contribution in [2.24, 2.45) is 0 Å². The lowest BCUT2D eigenvalue weighted by Crippen LogP contribution is -1.94. The minimum absolute atomic E-state index is 0.165. The molecule has 0 spiro atoms. The minimum atomic E-state index is -0.165. The third-order valence-electron chi connectivity index (χ3n) is 1.32. The van der Waals surface area contributed by atoms with Gasteiger partial charge in [0.2, 0.25) is 0 Å². The number of allylic oxidation sites excluding steroid dienone is 2. The predicted molar refractivity (Wildman–Crippen MR) is 60.4 cm³/mol. The van der Waals surface area contributed by atoms with Gasteiger partial charge in [-0.25, -0.2) is 0 Å². The van der Waals surface area contributed by atoms with E-state index in [1.807, 2.05) is 11.5 Å².